The first-order valence-electron chi connectivity index (χ1n) is 3.52. The van der Waals surface area contributed by atoms with Crippen molar-refractivity contribution in [1.29, 1.82) is 0 Å². The van der Waals surface area contributed by atoms with E-state index in [1.165, 1.54) is 0 Å². The van der Waals surface area contributed by atoms with Crippen LogP contribution in [0, 0.1) is 0 Å². The van der Waals surface area contributed by atoms with Gasteiger partial charge < -0.3 is 10.5 Å². The lowest BCUT2D eigenvalue weighted by atomic mass is 10.3. The Balaban J connectivity index is 3.04. The minimum Gasteiger partial charge on any atom is -0.494 e. The lowest BCUT2D eigenvalue weighted by molar-refractivity contribution is 0.340. The van der Waals surface area contributed by atoms with Gasteiger partial charge in [-0.15, -0.1) is 0 Å². The molecule has 1 aromatic rings. The van der Waals surface area contributed by atoms with Crippen molar-refractivity contribution in [1.82, 2.24) is 0 Å². The van der Waals surface area contributed by atoms with Crippen molar-refractivity contribution in [2.24, 2.45) is 0 Å². The Bertz CT molecular complexity index is 265. The standard InChI is InChI=1S/C8H9Br2NO/c1-2-12-5-3-6(9)8(11)7(10)4-5/h3-4H,2,11H2,1H3. The molecule has 2 N–H and O–H groups in total. The van der Waals surface area contributed by atoms with Crippen molar-refractivity contribution >= 4 is 37.5 Å². The van der Waals surface area contributed by atoms with E-state index in [1.54, 1.807) is 0 Å². The van der Waals surface area contributed by atoms with Gasteiger partial charge in [0.25, 0.3) is 0 Å². The summed E-state index contributed by atoms with van der Waals surface area (Å²) < 4.78 is 7.00. The number of halogens is 2. The normalized spacial score (nSPS) is 9.92. The van der Waals surface area contributed by atoms with Crippen LogP contribution in [-0.4, -0.2) is 6.61 Å². The first kappa shape index (κ1) is 9.86. The lowest BCUT2D eigenvalue weighted by Crippen LogP contribution is -1.94. The minimum atomic E-state index is 0.656. The number of ether oxygens (including phenoxy) is 1. The maximum Gasteiger partial charge on any atom is 0.121 e. The van der Waals surface area contributed by atoms with Gasteiger partial charge in [-0.3, -0.25) is 0 Å². The highest BCUT2D eigenvalue weighted by Crippen LogP contribution is 2.32. The van der Waals surface area contributed by atoms with Gasteiger partial charge in [-0.25, -0.2) is 0 Å². The molecule has 0 atom stereocenters. The van der Waals surface area contributed by atoms with Crippen molar-refractivity contribution in [3.05, 3.63) is 21.1 Å². The smallest absolute Gasteiger partial charge is 0.121 e. The van der Waals surface area contributed by atoms with Gasteiger partial charge in [0, 0.05) is 8.95 Å². The van der Waals surface area contributed by atoms with E-state index in [4.69, 9.17) is 10.5 Å². The fourth-order valence-electron chi connectivity index (χ4n) is 0.811. The van der Waals surface area contributed by atoms with Crippen LogP contribution in [0.1, 0.15) is 6.92 Å². The molecule has 0 aliphatic heterocycles. The highest BCUT2D eigenvalue weighted by molar-refractivity contribution is 9.11. The Morgan fingerprint density at radius 3 is 2.25 bits per heavy atom. The molecule has 12 heavy (non-hydrogen) atoms. The summed E-state index contributed by atoms with van der Waals surface area (Å²) in [5.41, 5.74) is 6.39. The third-order valence-corrected chi connectivity index (χ3v) is 2.68. The molecule has 0 aliphatic carbocycles. The van der Waals surface area contributed by atoms with Crippen LogP contribution in [0.25, 0.3) is 0 Å². The summed E-state index contributed by atoms with van der Waals surface area (Å²) >= 11 is 6.66. The fourth-order valence-corrected chi connectivity index (χ4v) is 1.96. The molecule has 0 amide bonds. The molecule has 0 aliphatic rings. The van der Waals surface area contributed by atoms with E-state index in [0.717, 1.165) is 14.7 Å². The second-order valence-corrected chi connectivity index (χ2v) is 3.94. The Morgan fingerprint density at radius 2 is 1.83 bits per heavy atom. The molecule has 4 heteroatoms. The number of nitrogens with two attached hydrogens (primary N) is 1. The molecular weight excluding hydrogens is 286 g/mol. The Kier molecular flexibility index (Phi) is 3.40. The average molecular weight is 295 g/mol. The van der Waals surface area contributed by atoms with Gasteiger partial charge in [0.15, 0.2) is 0 Å². The van der Waals surface area contributed by atoms with Crippen molar-refractivity contribution in [3.8, 4) is 5.75 Å². The van der Waals surface area contributed by atoms with Gasteiger partial charge in [-0.1, -0.05) is 0 Å². The highest BCUT2D eigenvalue weighted by Gasteiger charge is 2.03. The van der Waals surface area contributed by atoms with Crippen LogP contribution in [0.15, 0.2) is 21.1 Å². The summed E-state index contributed by atoms with van der Waals surface area (Å²) in [6, 6.07) is 3.70. The van der Waals surface area contributed by atoms with Crippen LogP contribution in [0.4, 0.5) is 5.69 Å². The van der Waals surface area contributed by atoms with E-state index in [9.17, 15) is 0 Å². The van der Waals surface area contributed by atoms with Crippen molar-refractivity contribution < 1.29 is 4.74 Å². The average Bonchev–Trinajstić information content (AvgIpc) is 2.01. The number of anilines is 1. The van der Waals surface area contributed by atoms with Crippen LogP contribution in [0.3, 0.4) is 0 Å². The van der Waals surface area contributed by atoms with Gasteiger partial charge in [-0.05, 0) is 50.9 Å². The summed E-state index contributed by atoms with van der Waals surface area (Å²) in [5, 5.41) is 0. The van der Waals surface area contributed by atoms with Gasteiger partial charge in [0.05, 0.1) is 12.3 Å². The molecule has 0 saturated carbocycles. The maximum absolute atomic E-state index is 5.70. The molecule has 0 saturated heterocycles. The van der Waals surface area contributed by atoms with Crippen molar-refractivity contribution in [2.75, 3.05) is 12.3 Å². The number of hydrogen-bond donors (Lipinski definition) is 1. The molecule has 0 unspecified atom stereocenters. The molecule has 1 aromatic carbocycles. The number of rotatable bonds is 2. The third-order valence-electron chi connectivity index (χ3n) is 1.36. The van der Waals surface area contributed by atoms with E-state index in [2.05, 4.69) is 31.9 Å². The molecule has 0 bridgehead atoms. The molecule has 0 radical (unpaired) electrons. The van der Waals surface area contributed by atoms with E-state index >= 15 is 0 Å². The van der Waals surface area contributed by atoms with Crippen LogP contribution >= 0.6 is 31.9 Å². The predicted molar refractivity (Wildman–Crippen MR) is 57.4 cm³/mol. The molecule has 0 fully saturated rings. The maximum atomic E-state index is 5.70. The van der Waals surface area contributed by atoms with Crippen molar-refractivity contribution in [3.63, 3.8) is 0 Å². The Morgan fingerprint density at radius 1 is 1.33 bits per heavy atom. The van der Waals surface area contributed by atoms with E-state index in [1.807, 2.05) is 19.1 Å². The number of hydrogen-bond acceptors (Lipinski definition) is 2. The molecule has 66 valence electrons. The Labute approximate surface area is 88.3 Å². The lowest BCUT2D eigenvalue weighted by Gasteiger charge is -2.06. The first-order valence-corrected chi connectivity index (χ1v) is 5.11. The molecule has 0 spiro atoms. The molecule has 0 aromatic heterocycles. The largest absolute Gasteiger partial charge is 0.494 e. The summed E-state index contributed by atoms with van der Waals surface area (Å²) in [6.45, 7) is 2.60. The summed E-state index contributed by atoms with van der Waals surface area (Å²) in [6.07, 6.45) is 0. The zero-order chi connectivity index (χ0) is 9.14. The predicted octanol–water partition coefficient (Wildman–Crippen LogP) is 3.19. The quantitative estimate of drug-likeness (QED) is 0.850. The molecule has 0 heterocycles. The van der Waals surface area contributed by atoms with E-state index in [0.29, 0.717) is 12.3 Å². The molecule has 1 rings (SSSR count). The number of benzene rings is 1. The zero-order valence-corrected chi connectivity index (χ0v) is 9.78. The molecular formula is C8H9Br2NO. The van der Waals surface area contributed by atoms with E-state index in [-0.39, 0.29) is 0 Å². The van der Waals surface area contributed by atoms with Gasteiger partial charge >= 0.3 is 0 Å². The fraction of sp³-hybridized carbons (Fsp3) is 0.250. The topological polar surface area (TPSA) is 35.2 Å². The van der Waals surface area contributed by atoms with Gasteiger partial charge in [-0.2, -0.15) is 0 Å². The minimum absolute atomic E-state index is 0.656. The summed E-state index contributed by atoms with van der Waals surface area (Å²) in [7, 11) is 0. The van der Waals surface area contributed by atoms with Crippen LogP contribution in [0.5, 0.6) is 5.75 Å². The SMILES string of the molecule is CCOc1cc(Br)c(N)c(Br)c1. The van der Waals surface area contributed by atoms with Crippen LogP contribution in [0.2, 0.25) is 0 Å². The second kappa shape index (κ2) is 4.14. The summed E-state index contributed by atoms with van der Waals surface area (Å²) in [5.74, 6) is 0.811. The van der Waals surface area contributed by atoms with Gasteiger partial charge in [0.2, 0.25) is 0 Å². The first-order chi connectivity index (χ1) is 5.65. The summed E-state index contributed by atoms with van der Waals surface area (Å²) in [4.78, 5) is 0. The van der Waals surface area contributed by atoms with Gasteiger partial charge in [0.1, 0.15) is 5.75 Å². The number of nitrogen functional groups attached to an aromatic ring is 1. The third kappa shape index (κ3) is 2.14. The van der Waals surface area contributed by atoms with Crippen molar-refractivity contribution in [2.45, 2.75) is 6.92 Å². The van der Waals surface area contributed by atoms with Crippen LogP contribution in [-0.2, 0) is 0 Å². The monoisotopic (exact) mass is 293 g/mol. The van der Waals surface area contributed by atoms with E-state index < -0.39 is 0 Å². The molecule has 2 nitrogen and oxygen atoms in total. The second-order valence-electron chi connectivity index (χ2n) is 2.23. The van der Waals surface area contributed by atoms with Crippen LogP contribution < -0.4 is 10.5 Å². The Hall–Kier alpha value is -0.220. The zero-order valence-electron chi connectivity index (χ0n) is 6.60. The highest BCUT2D eigenvalue weighted by atomic mass is 79.9.